The van der Waals surface area contributed by atoms with E-state index in [1.165, 1.54) is 0 Å². The van der Waals surface area contributed by atoms with E-state index in [1.54, 1.807) is 18.2 Å². The third-order valence-corrected chi connectivity index (χ3v) is 3.89. The van der Waals surface area contributed by atoms with Crippen LogP contribution in [-0.2, 0) is 11.2 Å². The van der Waals surface area contributed by atoms with Crippen LogP contribution in [0.1, 0.15) is 5.56 Å². The highest BCUT2D eigenvalue weighted by Crippen LogP contribution is 2.28. The molecule has 2 aromatic rings. The lowest BCUT2D eigenvalue weighted by molar-refractivity contribution is -0.118. The van der Waals surface area contributed by atoms with E-state index >= 15 is 0 Å². The fourth-order valence-corrected chi connectivity index (χ4v) is 2.89. The van der Waals surface area contributed by atoms with Crippen LogP contribution >= 0.6 is 31.9 Å². The molecule has 0 aliphatic heterocycles. The summed E-state index contributed by atoms with van der Waals surface area (Å²) in [6, 6.07) is 14.7. The third-order valence-electron chi connectivity index (χ3n) is 2.77. The van der Waals surface area contributed by atoms with E-state index in [0.29, 0.717) is 17.9 Å². The Kier molecular flexibility index (Phi) is 5.99. The minimum absolute atomic E-state index is 0.0832. The van der Waals surface area contributed by atoms with Crippen molar-refractivity contribution < 1.29 is 9.53 Å². The number of benzene rings is 2. The summed E-state index contributed by atoms with van der Waals surface area (Å²) < 4.78 is 7.16. The Labute approximate surface area is 145 Å². The summed E-state index contributed by atoms with van der Waals surface area (Å²) >= 11 is 6.73. The monoisotopic (exact) mass is 422 g/mol. The van der Waals surface area contributed by atoms with Crippen LogP contribution in [0.5, 0.6) is 5.75 Å². The van der Waals surface area contributed by atoms with E-state index in [0.717, 1.165) is 14.5 Å². The normalized spacial score (nSPS) is 9.86. The number of anilines is 1. The lowest BCUT2D eigenvalue weighted by Crippen LogP contribution is -2.20. The van der Waals surface area contributed by atoms with E-state index in [9.17, 15) is 4.79 Å². The standard InChI is InChI=1S/C16H12Br2N2O2/c17-12-3-6-15(14(18)9-12)22-10-16(21)20-13-4-1-11(2-5-13)7-8-19/h1-6,9H,7,10H2,(H,20,21). The van der Waals surface area contributed by atoms with Gasteiger partial charge >= 0.3 is 0 Å². The van der Waals surface area contributed by atoms with Gasteiger partial charge < -0.3 is 10.1 Å². The smallest absolute Gasteiger partial charge is 0.262 e. The maximum absolute atomic E-state index is 11.9. The molecule has 1 amide bonds. The van der Waals surface area contributed by atoms with Crippen molar-refractivity contribution in [2.24, 2.45) is 0 Å². The number of nitrogens with zero attached hydrogens (tertiary/aromatic N) is 1. The Bertz CT molecular complexity index is 709. The summed E-state index contributed by atoms with van der Waals surface area (Å²) in [4.78, 5) is 11.9. The molecule has 0 saturated carbocycles. The molecule has 0 radical (unpaired) electrons. The van der Waals surface area contributed by atoms with Crippen molar-refractivity contribution in [2.45, 2.75) is 6.42 Å². The van der Waals surface area contributed by atoms with Gasteiger partial charge in [-0.05, 0) is 51.8 Å². The maximum Gasteiger partial charge on any atom is 0.262 e. The van der Waals surface area contributed by atoms with Crippen LogP contribution in [0.15, 0.2) is 51.4 Å². The summed E-state index contributed by atoms with van der Waals surface area (Å²) in [6.45, 7) is -0.0832. The first-order valence-electron chi connectivity index (χ1n) is 6.42. The Morgan fingerprint density at radius 1 is 1.18 bits per heavy atom. The van der Waals surface area contributed by atoms with E-state index in [1.807, 2.05) is 24.3 Å². The van der Waals surface area contributed by atoms with Crippen molar-refractivity contribution in [3.05, 3.63) is 57.0 Å². The fourth-order valence-electron chi connectivity index (χ4n) is 1.73. The first-order chi connectivity index (χ1) is 10.6. The number of rotatable bonds is 5. The molecule has 0 aromatic heterocycles. The molecule has 22 heavy (non-hydrogen) atoms. The van der Waals surface area contributed by atoms with E-state index in [4.69, 9.17) is 10.00 Å². The van der Waals surface area contributed by atoms with Crippen molar-refractivity contribution >= 4 is 43.5 Å². The average Bonchev–Trinajstić information content (AvgIpc) is 2.49. The third kappa shape index (κ3) is 4.86. The second-order valence-corrected chi connectivity index (χ2v) is 6.21. The van der Waals surface area contributed by atoms with Crippen molar-refractivity contribution in [3.63, 3.8) is 0 Å². The first kappa shape index (κ1) is 16.5. The van der Waals surface area contributed by atoms with E-state index < -0.39 is 0 Å². The number of nitrogens with one attached hydrogen (secondary N) is 1. The van der Waals surface area contributed by atoms with Gasteiger partial charge in [-0.2, -0.15) is 5.26 Å². The highest BCUT2D eigenvalue weighted by Gasteiger charge is 2.06. The van der Waals surface area contributed by atoms with Gasteiger partial charge in [0, 0.05) is 10.2 Å². The zero-order chi connectivity index (χ0) is 15.9. The molecule has 0 unspecified atom stereocenters. The zero-order valence-corrected chi connectivity index (χ0v) is 14.6. The molecule has 1 N–H and O–H groups in total. The van der Waals surface area contributed by atoms with Crippen LogP contribution in [0, 0.1) is 11.3 Å². The second kappa shape index (κ2) is 7.97. The lowest BCUT2D eigenvalue weighted by Gasteiger charge is -2.09. The van der Waals surface area contributed by atoms with Gasteiger partial charge in [0.25, 0.3) is 5.91 Å². The Morgan fingerprint density at radius 2 is 1.91 bits per heavy atom. The van der Waals surface area contributed by atoms with Gasteiger partial charge in [-0.25, -0.2) is 0 Å². The molecule has 112 valence electrons. The highest BCUT2D eigenvalue weighted by molar-refractivity contribution is 9.11. The number of carbonyl (C=O) groups is 1. The van der Waals surface area contributed by atoms with Gasteiger partial charge in [-0.3, -0.25) is 4.79 Å². The van der Waals surface area contributed by atoms with Crippen LogP contribution in [0.2, 0.25) is 0 Å². The molecular weight excluding hydrogens is 412 g/mol. The van der Waals surface area contributed by atoms with Gasteiger partial charge in [0.05, 0.1) is 17.0 Å². The number of amides is 1. The number of halogens is 2. The lowest BCUT2D eigenvalue weighted by atomic mass is 10.1. The molecule has 4 nitrogen and oxygen atoms in total. The Balaban J connectivity index is 1.89. The summed E-state index contributed by atoms with van der Waals surface area (Å²) in [5.41, 5.74) is 1.58. The second-order valence-electron chi connectivity index (χ2n) is 4.44. The summed E-state index contributed by atoms with van der Waals surface area (Å²) in [5.74, 6) is 0.352. The summed E-state index contributed by atoms with van der Waals surface area (Å²) in [7, 11) is 0. The van der Waals surface area contributed by atoms with Crippen LogP contribution in [0.4, 0.5) is 5.69 Å². The molecule has 0 aliphatic rings. The van der Waals surface area contributed by atoms with Gasteiger partial charge in [-0.1, -0.05) is 28.1 Å². The molecule has 2 aromatic carbocycles. The zero-order valence-electron chi connectivity index (χ0n) is 11.5. The molecule has 2 rings (SSSR count). The Morgan fingerprint density at radius 3 is 2.55 bits per heavy atom. The molecule has 0 saturated heterocycles. The molecular formula is C16H12Br2N2O2. The summed E-state index contributed by atoms with van der Waals surface area (Å²) in [6.07, 6.45) is 0.356. The van der Waals surface area contributed by atoms with E-state index in [2.05, 4.69) is 43.2 Å². The minimum atomic E-state index is -0.247. The van der Waals surface area contributed by atoms with Crippen LogP contribution in [-0.4, -0.2) is 12.5 Å². The number of hydrogen-bond donors (Lipinski definition) is 1. The van der Waals surface area contributed by atoms with Crippen LogP contribution in [0.3, 0.4) is 0 Å². The molecule has 0 aliphatic carbocycles. The molecule has 6 heteroatoms. The quantitative estimate of drug-likeness (QED) is 0.779. The predicted octanol–water partition coefficient (Wildman–Crippen LogP) is 4.30. The number of hydrogen-bond acceptors (Lipinski definition) is 3. The largest absolute Gasteiger partial charge is 0.483 e. The van der Waals surface area contributed by atoms with Crippen LogP contribution < -0.4 is 10.1 Å². The first-order valence-corrected chi connectivity index (χ1v) is 8.00. The van der Waals surface area contributed by atoms with Crippen LogP contribution in [0.25, 0.3) is 0 Å². The van der Waals surface area contributed by atoms with Crippen molar-refractivity contribution in [1.82, 2.24) is 0 Å². The topological polar surface area (TPSA) is 62.1 Å². The number of carbonyl (C=O) groups excluding carboxylic acids is 1. The molecule has 0 bridgehead atoms. The molecule has 0 atom stereocenters. The SMILES string of the molecule is N#CCc1ccc(NC(=O)COc2ccc(Br)cc2Br)cc1. The minimum Gasteiger partial charge on any atom is -0.483 e. The predicted molar refractivity (Wildman–Crippen MR) is 91.7 cm³/mol. The maximum atomic E-state index is 11.9. The van der Waals surface area contributed by atoms with Crippen molar-refractivity contribution in [1.29, 1.82) is 5.26 Å². The van der Waals surface area contributed by atoms with Gasteiger partial charge in [0.15, 0.2) is 6.61 Å². The van der Waals surface area contributed by atoms with Crippen molar-refractivity contribution in [2.75, 3.05) is 11.9 Å². The van der Waals surface area contributed by atoms with Gasteiger partial charge in [0.2, 0.25) is 0 Å². The molecule has 0 heterocycles. The molecule has 0 spiro atoms. The number of nitriles is 1. The highest BCUT2D eigenvalue weighted by atomic mass is 79.9. The fraction of sp³-hybridized carbons (Fsp3) is 0.125. The average molecular weight is 424 g/mol. The summed E-state index contributed by atoms with van der Waals surface area (Å²) in [5, 5.41) is 11.4. The Hall–Kier alpha value is -1.84. The van der Waals surface area contributed by atoms with Crippen molar-refractivity contribution in [3.8, 4) is 11.8 Å². The molecule has 0 fully saturated rings. The van der Waals surface area contributed by atoms with E-state index in [-0.39, 0.29) is 12.5 Å². The van der Waals surface area contributed by atoms with Gasteiger partial charge in [-0.15, -0.1) is 0 Å². The van der Waals surface area contributed by atoms with Gasteiger partial charge in [0.1, 0.15) is 5.75 Å². The number of ether oxygens (including phenoxy) is 1.